The summed E-state index contributed by atoms with van der Waals surface area (Å²) in [6.07, 6.45) is -7.22. The Morgan fingerprint density at radius 3 is 1.16 bits per heavy atom. The number of halogens is 20. The quantitative estimate of drug-likeness (QED) is 0.0200. The van der Waals surface area contributed by atoms with E-state index >= 15 is 35.1 Å². The van der Waals surface area contributed by atoms with Gasteiger partial charge in [0.05, 0.1) is 17.1 Å². The summed E-state index contributed by atoms with van der Waals surface area (Å²) in [4.78, 5) is 23.4. The highest BCUT2D eigenvalue weighted by atomic mass is 19.2. The number of ether oxygens (including phenoxy) is 1. The lowest BCUT2D eigenvalue weighted by Crippen LogP contribution is -2.81. The van der Waals surface area contributed by atoms with E-state index in [1.165, 1.54) is 12.1 Å². The van der Waals surface area contributed by atoms with Crippen LogP contribution in [0.4, 0.5) is 93.5 Å². The molecule has 74 heavy (non-hydrogen) atoms. The van der Waals surface area contributed by atoms with Crippen molar-refractivity contribution in [2.24, 2.45) is 0 Å². The second-order valence-corrected chi connectivity index (χ2v) is 15.3. The molecule has 0 saturated carbocycles. The van der Waals surface area contributed by atoms with E-state index in [9.17, 15) is 67.6 Å². The highest BCUT2D eigenvalue weighted by Gasteiger charge is 2.52. The number of para-hydroxylation sites is 1. The third-order valence-electron chi connectivity index (χ3n) is 11.3. The molecule has 0 bridgehead atoms. The number of nitro benzene ring substituents is 1. The molecule has 0 aliphatic heterocycles. The Morgan fingerprint density at radius 2 is 0.784 bits per heavy atom. The molecule has 0 amide bonds. The number of fused-ring (bicyclic) bond motifs is 1. The number of nitro groups is 1. The standard InChI is InChI=1S/C24BF20.C23H17N2O4/c26-5-1(6(27)14(35)21(42)13(5)34)25(2-7(28)15(36)22(43)16(37)8(2)29,3-9(30)17(38)23(44)18(39)10(3)31)4-11(32)19(40)24(45)20(41)12(4)33;26-22(18-8-2-1-3-9-18)16-24-21-12-5-4-7-17(21)13-14-23(24)29-20-11-6-10-19(15-20)25(27)28/h;1-15H,16H2/q-1;+1. The molecule has 0 unspecified atom stereocenters. The van der Waals surface area contributed by atoms with Crippen molar-refractivity contribution in [1.82, 2.24) is 0 Å². The molecule has 0 aliphatic carbocycles. The minimum absolute atomic E-state index is 0.0594. The lowest BCUT2D eigenvalue weighted by molar-refractivity contribution is -0.661. The molecular formula is C47H17BF20N2O4. The number of carbonyl (C=O) groups excluding carboxylic acids is 1. The zero-order valence-corrected chi connectivity index (χ0v) is 35.5. The van der Waals surface area contributed by atoms with Gasteiger partial charge in [-0.05, 0) is 18.2 Å². The zero-order valence-electron chi connectivity index (χ0n) is 35.5. The molecule has 382 valence electrons. The number of rotatable bonds is 10. The number of non-ortho nitro benzene ring substituents is 1. The second kappa shape index (κ2) is 20.2. The largest absolute Gasteiger partial charge is 0.405 e. The first-order valence-corrected chi connectivity index (χ1v) is 20.0. The first kappa shape index (κ1) is 53.3. The van der Waals surface area contributed by atoms with Gasteiger partial charge in [-0.3, -0.25) is 14.9 Å². The lowest BCUT2D eigenvalue weighted by atomic mass is 9.12. The van der Waals surface area contributed by atoms with Gasteiger partial charge in [0.2, 0.25) is 17.8 Å². The fraction of sp³-hybridized carbons (Fsp3) is 0.0213. The van der Waals surface area contributed by atoms with Crippen molar-refractivity contribution in [3.63, 3.8) is 0 Å². The van der Waals surface area contributed by atoms with Crippen LogP contribution in [0.5, 0.6) is 11.6 Å². The summed E-state index contributed by atoms with van der Waals surface area (Å²) in [5.41, 5.74) is -13.0. The number of ketones is 1. The summed E-state index contributed by atoms with van der Waals surface area (Å²) >= 11 is 0. The van der Waals surface area contributed by atoms with Gasteiger partial charge in [-0.1, -0.05) is 48.5 Å². The van der Waals surface area contributed by atoms with Gasteiger partial charge in [0.1, 0.15) is 58.4 Å². The molecule has 0 radical (unpaired) electrons. The van der Waals surface area contributed by atoms with Crippen LogP contribution in [0, 0.1) is 126 Å². The van der Waals surface area contributed by atoms with Crippen LogP contribution < -0.4 is 31.2 Å². The Kier molecular flexibility index (Phi) is 14.5. The van der Waals surface area contributed by atoms with Gasteiger partial charge >= 0.3 is 5.88 Å². The molecule has 27 heteroatoms. The summed E-state index contributed by atoms with van der Waals surface area (Å²) in [5, 5.41) is 12.0. The number of aromatic nitrogens is 1. The summed E-state index contributed by atoms with van der Waals surface area (Å²) in [7, 11) is 0. The highest BCUT2D eigenvalue weighted by Crippen LogP contribution is 2.31. The van der Waals surface area contributed by atoms with Crippen LogP contribution >= 0.6 is 0 Å². The predicted octanol–water partition coefficient (Wildman–Crippen LogP) is 10.6. The van der Waals surface area contributed by atoms with Crippen molar-refractivity contribution >= 4 is 50.4 Å². The number of pyridine rings is 1. The van der Waals surface area contributed by atoms with Gasteiger partial charge in [-0.15, -0.1) is 21.9 Å². The fourth-order valence-electron chi connectivity index (χ4n) is 8.01. The van der Waals surface area contributed by atoms with Crippen LogP contribution in [0.25, 0.3) is 10.9 Å². The number of hydrogen-bond donors (Lipinski definition) is 0. The molecule has 0 fully saturated rings. The van der Waals surface area contributed by atoms with E-state index < -0.39 is 149 Å². The van der Waals surface area contributed by atoms with E-state index in [0.29, 0.717) is 17.2 Å². The molecule has 0 spiro atoms. The third-order valence-corrected chi connectivity index (χ3v) is 11.3. The first-order valence-electron chi connectivity index (χ1n) is 20.0. The predicted molar refractivity (Wildman–Crippen MR) is 217 cm³/mol. The van der Waals surface area contributed by atoms with Crippen LogP contribution in [0.3, 0.4) is 0 Å². The highest BCUT2D eigenvalue weighted by molar-refractivity contribution is 7.20. The average Bonchev–Trinajstić information content (AvgIpc) is 3.39. The maximum atomic E-state index is 15.4. The van der Waals surface area contributed by atoms with E-state index in [-0.39, 0.29) is 18.0 Å². The lowest BCUT2D eigenvalue weighted by Gasteiger charge is -2.44. The van der Waals surface area contributed by atoms with Crippen LogP contribution in [0.2, 0.25) is 0 Å². The van der Waals surface area contributed by atoms with E-state index in [1.807, 2.05) is 48.5 Å². The van der Waals surface area contributed by atoms with Crippen LogP contribution in [-0.4, -0.2) is 16.9 Å². The Hall–Kier alpha value is -8.52. The number of nitrogens with zero attached hydrogens (tertiary/aromatic N) is 2. The average molecular weight is 1060 g/mol. The molecular weight excluding hydrogens is 1050 g/mol. The molecule has 6 nitrogen and oxygen atoms in total. The molecule has 0 aliphatic rings. The number of hydrogen-bond acceptors (Lipinski definition) is 4. The summed E-state index contributed by atoms with van der Waals surface area (Å²) in [6.45, 7) is 0.0790. The molecule has 0 N–H and O–H groups in total. The monoisotopic (exact) mass is 1060 g/mol. The van der Waals surface area contributed by atoms with Crippen molar-refractivity contribution < 1.29 is 107 Å². The third kappa shape index (κ3) is 8.63. The molecule has 0 atom stereocenters. The fourth-order valence-corrected chi connectivity index (χ4v) is 8.01. The summed E-state index contributed by atoms with van der Waals surface area (Å²) in [5.74, 6) is -70.7. The maximum Gasteiger partial charge on any atom is 0.374 e. The van der Waals surface area contributed by atoms with E-state index in [4.69, 9.17) is 4.74 Å². The molecule has 1 aromatic heterocycles. The van der Waals surface area contributed by atoms with E-state index in [2.05, 4.69) is 0 Å². The number of Topliss-reactive ketones (excluding diaryl/α,β-unsaturated/α-hetero) is 1. The number of carbonyl (C=O) groups is 1. The normalized spacial score (nSPS) is 11.5. The molecule has 7 aromatic carbocycles. The van der Waals surface area contributed by atoms with Gasteiger partial charge < -0.3 is 4.74 Å². The van der Waals surface area contributed by atoms with Crippen molar-refractivity contribution in [2.45, 2.75) is 6.54 Å². The topological polar surface area (TPSA) is 73.3 Å². The SMILES string of the molecule is Fc1c(F)c(F)c([B-](c2c(F)c(F)c(F)c(F)c2F)(c2c(F)c(F)c(F)c(F)c2F)c2c(F)c(F)c(F)c(F)c2F)c(F)c1F.O=C(C[n+]1c(Oc2cccc([N+](=O)[O-])c2)ccc2ccccc21)c1ccccc1. The second-order valence-electron chi connectivity index (χ2n) is 15.3. The molecule has 8 rings (SSSR count). The Labute approximate surface area is 398 Å². The molecule has 0 saturated heterocycles. The van der Waals surface area contributed by atoms with Gasteiger partial charge in [0.15, 0.2) is 69.8 Å². The van der Waals surface area contributed by atoms with Crippen LogP contribution in [0.15, 0.2) is 91.0 Å². The van der Waals surface area contributed by atoms with Crippen molar-refractivity contribution in [3.8, 4) is 11.6 Å². The Bertz CT molecular complexity index is 3260. The van der Waals surface area contributed by atoms with Crippen LogP contribution in [-0.2, 0) is 6.54 Å². The van der Waals surface area contributed by atoms with E-state index in [0.717, 1.165) is 10.9 Å². The first-order chi connectivity index (χ1) is 34.8. The minimum atomic E-state index is -7.22. The van der Waals surface area contributed by atoms with Gasteiger partial charge in [0, 0.05) is 23.1 Å². The van der Waals surface area contributed by atoms with Crippen LogP contribution in [0.1, 0.15) is 10.4 Å². The van der Waals surface area contributed by atoms with Crippen molar-refractivity contribution in [1.29, 1.82) is 0 Å². The Morgan fingerprint density at radius 1 is 0.432 bits per heavy atom. The van der Waals surface area contributed by atoms with Gasteiger partial charge in [-0.2, -0.15) is 4.57 Å². The maximum absolute atomic E-state index is 15.4. The van der Waals surface area contributed by atoms with Crippen molar-refractivity contribution in [2.75, 3.05) is 0 Å². The smallest absolute Gasteiger partial charge is 0.374 e. The zero-order chi connectivity index (χ0) is 54.6. The summed E-state index contributed by atoms with van der Waals surface area (Å²) in [6, 6.07) is 26.4. The minimum Gasteiger partial charge on any atom is -0.405 e. The Balaban J connectivity index is 0.000000237. The van der Waals surface area contributed by atoms with Gasteiger partial charge in [-0.25, -0.2) is 87.8 Å². The van der Waals surface area contributed by atoms with Crippen molar-refractivity contribution in [3.05, 3.63) is 223 Å². The summed E-state index contributed by atoms with van der Waals surface area (Å²) < 4.78 is 302. The number of benzene rings is 7. The molecule has 1 heterocycles. The van der Waals surface area contributed by atoms with Gasteiger partial charge in [0.25, 0.3) is 5.69 Å². The molecule has 8 aromatic rings. The van der Waals surface area contributed by atoms with E-state index in [1.54, 1.807) is 34.9 Å².